The number of hydrogen-bond acceptors (Lipinski definition) is 4. The molecule has 1 heterocycles. The van der Waals surface area contributed by atoms with E-state index in [9.17, 15) is 9.59 Å². The van der Waals surface area contributed by atoms with Gasteiger partial charge in [0.25, 0.3) is 0 Å². The van der Waals surface area contributed by atoms with E-state index >= 15 is 0 Å². The molecule has 0 aromatic heterocycles. The van der Waals surface area contributed by atoms with E-state index < -0.39 is 0 Å². The van der Waals surface area contributed by atoms with Crippen LogP contribution in [0.4, 0.5) is 11.4 Å². The van der Waals surface area contributed by atoms with Crippen LogP contribution in [0.5, 0.6) is 0 Å². The summed E-state index contributed by atoms with van der Waals surface area (Å²) in [6.07, 6.45) is 6.76. The summed E-state index contributed by atoms with van der Waals surface area (Å²) in [5.41, 5.74) is 1.84. The zero-order valence-electron chi connectivity index (χ0n) is 15.5. The Morgan fingerprint density at radius 1 is 1.19 bits per heavy atom. The molecule has 1 N–H and O–H groups in total. The number of rotatable bonds is 7. The Labute approximate surface area is 155 Å². The normalized spacial score (nSPS) is 14.8. The molecular weight excluding hydrogens is 330 g/mol. The number of anilines is 2. The number of morpholine rings is 1. The smallest absolute Gasteiger partial charge is 0.247 e. The number of hydrogen-bond donors (Lipinski definition) is 1. The van der Waals surface area contributed by atoms with Gasteiger partial charge in [0, 0.05) is 37.1 Å². The number of carbonyl (C=O) groups is 2. The molecule has 0 spiro atoms. The maximum Gasteiger partial charge on any atom is 0.247 e. The summed E-state index contributed by atoms with van der Waals surface area (Å²) in [5, 5.41) is 2.84. The van der Waals surface area contributed by atoms with Crippen molar-refractivity contribution in [2.24, 2.45) is 0 Å². The van der Waals surface area contributed by atoms with Crippen LogP contribution < -0.4 is 10.2 Å². The number of ether oxygens (including phenoxy) is 1. The Morgan fingerprint density at radius 2 is 1.88 bits per heavy atom. The highest BCUT2D eigenvalue weighted by atomic mass is 16.5. The first kappa shape index (κ1) is 19.7. The van der Waals surface area contributed by atoms with Crippen molar-refractivity contribution in [2.45, 2.75) is 13.8 Å². The predicted molar refractivity (Wildman–Crippen MR) is 104 cm³/mol. The average molecular weight is 357 g/mol. The van der Waals surface area contributed by atoms with Crippen LogP contribution in [-0.2, 0) is 14.3 Å². The second-order valence-corrected chi connectivity index (χ2v) is 5.93. The summed E-state index contributed by atoms with van der Waals surface area (Å²) in [7, 11) is 0. The van der Waals surface area contributed by atoms with E-state index in [1.165, 1.54) is 11.0 Å². The molecular formula is C20H27N3O3. The molecule has 0 bridgehead atoms. The highest BCUT2D eigenvalue weighted by Crippen LogP contribution is 2.19. The summed E-state index contributed by atoms with van der Waals surface area (Å²) >= 11 is 0. The van der Waals surface area contributed by atoms with Gasteiger partial charge in [0.15, 0.2) is 0 Å². The molecule has 1 fully saturated rings. The van der Waals surface area contributed by atoms with Crippen molar-refractivity contribution in [3.05, 3.63) is 48.6 Å². The third kappa shape index (κ3) is 6.04. The van der Waals surface area contributed by atoms with Crippen LogP contribution in [0.25, 0.3) is 0 Å². The van der Waals surface area contributed by atoms with Crippen LogP contribution in [0, 0.1) is 0 Å². The van der Waals surface area contributed by atoms with Gasteiger partial charge in [-0.05, 0) is 38.1 Å². The molecule has 2 rings (SSSR count). The lowest BCUT2D eigenvalue weighted by Gasteiger charge is -2.29. The Balaban J connectivity index is 1.88. The van der Waals surface area contributed by atoms with Crippen molar-refractivity contribution in [1.82, 2.24) is 4.90 Å². The summed E-state index contributed by atoms with van der Waals surface area (Å²) in [5.74, 6) is -0.387. The van der Waals surface area contributed by atoms with Gasteiger partial charge in [-0.25, -0.2) is 0 Å². The largest absolute Gasteiger partial charge is 0.378 e. The quantitative estimate of drug-likeness (QED) is 0.601. The Bertz CT molecular complexity index is 647. The molecule has 1 aliphatic heterocycles. The fraction of sp³-hybridized carbons (Fsp3) is 0.400. The molecule has 0 radical (unpaired) electrons. The second-order valence-electron chi connectivity index (χ2n) is 5.93. The van der Waals surface area contributed by atoms with E-state index in [2.05, 4.69) is 10.2 Å². The molecule has 0 aliphatic carbocycles. The Morgan fingerprint density at radius 3 is 2.50 bits per heavy atom. The first-order chi connectivity index (χ1) is 12.6. The zero-order valence-corrected chi connectivity index (χ0v) is 15.5. The van der Waals surface area contributed by atoms with Crippen molar-refractivity contribution in [1.29, 1.82) is 0 Å². The number of carbonyl (C=O) groups excluding carboxylic acids is 2. The van der Waals surface area contributed by atoms with Gasteiger partial charge in [-0.1, -0.05) is 18.2 Å². The summed E-state index contributed by atoms with van der Waals surface area (Å²) < 4.78 is 5.36. The molecule has 0 atom stereocenters. The maximum atomic E-state index is 12.2. The Kier molecular flexibility index (Phi) is 7.89. The lowest BCUT2D eigenvalue weighted by Crippen LogP contribution is -2.37. The van der Waals surface area contributed by atoms with E-state index in [-0.39, 0.29) is 18.4 Å². The summed E-state index contributed by atoms with van der Waals surface area (Å²) in [6, 6.07) is 7.74. The number of amides is 2. The van der Waals surface area contributed by atoms with Crippen LogP contribution in [-0.4, -0.2) is 56.1 Å². The first-order valence-electron chi connectivity index (χ1n) is 8.95. The predicted octanol–water partition coefficient (Wildman–Crippen LogP) is 2.44. The molecule has 1 aliphatic rings. The minimum Gasteiger partial charge on any atom is -0.378 e. The van der Waals surface area contributed by atoms with E-state index in [4.69, 9.17) is 4.74 Å². The zero-order chi connectivity index (χ0) is 18.8. The SMILES string of the molecule is C/C=C/C=C/C(=O)N(CC)CC(=O)Nc1ccc(N2CCOCC2)cc1. The fourth-order valence-corrected chi connectivity index (χ4v) is 2.65. The standard InChI is InChI=1S/C20H27N3O3/c1-3-5-6-7-20(25)22(4-2)16-19(24)21-17-8-10-18(11-9-17)23-12-14-26-15-13-23/h3,5-11H,4,12-16H2,1-2H3,(H,21,24)/b5-3+,7-6+. The van der Waals surface area contributed by atoms with Crippen LogP contribution in [0.2, 0.25) is 0 Å². The van der Waals surface area contributed by atoms with E-state index in [0.717, 1.165) is 37.7 Å². The molecule has 1 saturated heterocycles. The van der Waals surface area contributed by atoms with E-state index in [1.54, 1.807) is 12.2 Å². The minimum absolute atomic E-state index is 0.0285. The van der Waals surface area contributed by atoms with Crippen LogP contribution >= 0.6 is 0 Å². The van der Waals surface area contributed by atoms with Crippen LogP contribution in [0.3, 0.4) is 0 Å². The monoisotopic (exact) mass is 357 g/mol. The van der Waals surface area contributed by atoms with Gasteiger partial charge in [-0.15, -0.1) is 0 Å². The van der Waals surface area contributed by atoms with Crippen LogP contribution in [0.1, 0.15) is 13.8 Å². The van der Waals surface area contributed by atoms with Crippen molar-refractivity contribution < 1.29 is 14.3 Å². The maximum absolute atomic E-state index is 12.2. The van der Waals surface area contributed by atoms with Crippen molar-refractivity contribution in [2.75, 3.05) is 49.6 Å². The third-order valence-electron chi connectivity index (χ3n) is 4.10. The molecule has 6 nitrogen and oxygen atoms in total. The number of nitrogens with one attached hydrogen (secondary N) is 1. The van der Waals surface area contributed by atoms with Gasteiger partial charge in [0.1, 0.15) is 6.54 Å². The van der Waals surface area contributed by atoms with Crippen LogP contribution in [0.15, 0.2) is 48.6 Å². The Hall–Kier alpha value is -2.60. The fourth-order valence-electron chi connectivity index (χ4n) is 2.65. The molecule has 140 valence electrons. The summed E-state index contributed by atoms with van der Waals surface area (Å²) in [4.78, 5) is 28.1. The van der Waals surface area contributed by atoms with Gasteiger partial charge in [0.2, 0.25) is 11.8 Å². The van der Waals surface area contributed by atoms with E-state index in [1.807, 2.05) is 44.2 Å². The average Bonchev–Trinajstić information content (AvgIpc) is 2.67. The molecule has 0 unspecified atom stereocenters. The van der Waals surface area contributed by atoms with Gasteiger partial charge >= 0.3 is 0 Å². The first-order valence-corrected chi connectivity index (χ1v) is 8.95. The number of allylic oxidation sites excluding steroid dienone is 3. The molecule has 0 saturated carbocycles. The minimum atomic E-state index is -0.209. The molecule has 1 aromatic rings. The lowest BCUT2D eigenvalue weighted by molar-refractivity contribution is -0.130. The topological polar surface area (TPSA) is 61.9 Å². The highest BCUT2D eigenvalue weighted by molar-refractivity contribution is 5.96. The summed E-state index contributed by atoms with van der Waals surface area (Å²) in [6.45, 7) is 7.46. The van der Waals surface area contributed by atoms with Crippen molar-refractivity contribution >= 4 is 23.2 Å². The van der Waals surface area contributed by atoms with Crippen molar-refractivity contribution in [3.8, 4) is 0 Å². The third-order valence-corrected chi connectivity index (χ3v) is 4.10. The van der Waals surface area contributed by atoms with Gasteiger partial charge < -0.3 is 19.9 Å². The van der Waals surface area contributed by atoms with Gasteiger partial charge in [-0.3, -0.25) is 9.59 Å². The molecule has 2 amide bonds. The number of nitrogens with zero attached hydrogens (tertiary/aromatic N) is 2. The lowest BCUT2D eigenvalue weighted by atomic mass is 10.2. The molecule has 6 heteroatoms. The second kappa shape index (κ2) is 10.4. The van der Waals surface area contributed by atoms with E-state index in [0.29, 0.717) is 6.54 Å². The van der Waals surface area contributed by atoms with Gasteiger partial charge in [-0.2, -0.15) is 0 Å². The number of likely N-dealkylation sites (N-methyl/N-ethyl adjacent to an activating group) is 1. The molecule has 26 heavy (non-hydrogen) atoms. The van der Waals surface area contributed by atoms with Gasteiger partial charge in [0.05, 0.1) is 13.2 Å². The van der Waals surface area contributed by atoms with Crippen molar-refractivity contribution in [3.63, 3.8) is 0 Å². The number of benzene rings is 1. The highest BCUT2D eigenvalue weighted by Gasteiger charge is 2.14. The molecule has 1 aromatic carbocycles.